The van der Waals surface area contributed by atoms with Crippen molar-refractivity contribution in [1.29, 1.82) is 0 Å². The third kappa shape index (κ3) is 2.89. The molecule has 3 aliphatic heterocycles. The van der Waals surface area contributed by atoms with Crippen molar-refractivity contribution in [3.05, 3.63) is 29.3 Å². The largest absolute Gasteiger partial charge is 0.343 e. The van der Waals surface area contributed by atoms with Gasteiger partial charge in [0.1, 0.15) is 18.5 Å². The molecule has 1 aromatic rings. The predicted molar refractivity (Wildman–Crippen MR) is 104 cm³/mol. The summed E-state index contributed by atoms with van der Waals surface area (Å²) in [7, 11) is 1.79. The van der Waals surface area contributed by atoms with Crippen LogP contribution in [-0.4, -0.2) is 71.8 Å². The molecular formula is C20H29N5O2. The Hall–Kier alpha value is -2.12. The summed E-state index contributed by atoms with van der Waals surface area (Å²) in [4.78, 5) is 33.5. The molecule has 0 radical (unpaired) electrons. The second-order valence-corrected chi connectivity index (χ2v) is 7.94. The maximum Gasteiger partial charge on any atom is 0.327 e. The molecule has 0 aromatic heterocycles. The van der Waals surface area contributed by atoms with Crippen molar-refractivity contribution in [3.8, 4) is 0 Å². The molecule has 7 nitrogen and oxygen atoms in total. The smallest absolute Gasteiger partial charge is 0.327 e. The van der Waals surface area contributed by atoms with Gasteiger partial charge in [-0.2, -0.15) is 0 Å². The number of carbonyl (C=O) groups excluding carboxylic acids is 2. The fourth-order valence-electron chi connectivity index (χ4n) is 4.73. The first kappa shape index (κ1) is 18.3. The van der Waals surface area contributed by atoms with Crippen LogP contribution in [0, 0.1) is 13.8 Å². The number of imide groups is 1. The van der Waals surface area contributed by atoms with E-state index in [1.54, 1.807) is 11.9 Å². The van der Waals surface area contributed by atoms with Crippen LogP contribution in [0.2, 0.25) is 0 Å². The molecule has 0 bridgehead atoms. The molecule has 3 fully saturated rings. The van der Waals surface area contributed by atoms with Crippen molar-refractivity contribution < 1.29 is 9.59 Å². The van der Waals surface area contributed by atoms with E-state index in [2.05, 4.69) is 47.2 Å². The van der Waals surface area contributed by atoms with Gasteiger partial charge in [0, 0.05) is 32.4 Å². The zero-order valence-electron chi connectivity index (χ0n) is 16.6. The predicted octanol–water partition coefficient (Wildman–Crippen LogP) is 1.70. The second kappa shape index (κ2) is 6.80. The van der Waals surface area contributed by atoms with Gasteiger partial charge in [-0.05, 0) is 49.9 Å². The minimum atomic E-state index is -0.321. The van der Waals surface area contributed by atoms with E-state index in [4.69, 9.17) is 0 Å². The molecule has 146 valence electrons. The van der Waals surface area contributed by atoms with Gasteiger partial charge in [0.05, 0.1) is 0 Å². The number of hydrogen-bond donors (Lipinski definition) is 1. The Morgan fingerprint density at radius 2 is 1.81 bits per heavy atom. The zero-order chi connectivity index (χ0) is 19.3. The van der Waals surface area contributed by atoms with Gasteiger partial charge in [-0.25, -0.2) is 4.79 Å². The maximum absolute atomic E-state index is 13.1. The van der Waals surface area contributed by atoms with E-state index >= 15 is 0 Å². The third-order valence-electron chi connectivity index (χ3n) is 5.86. The van der Waals surface area contributed by atoms with E-state index in [0.717, 1.165) is 25.9 Å². The standard InChI is InChI=1S/C20H29N5O2/c1-5-7-25-18(26)16-17(22(4)20(25)27)21-19-23(8-6-9-24(16)19)15-11-13(2)10-14(3)12-15/h10-12,16-17,19,21H,5-9H2,1-4H3. The van der Waals surface area contributed by atoms with E-state index in [1.807, 2.05) is 6.92 Å². The molecule has 4 rings (SSSR count). The normalized spacial score (nSPS) is 28.6. The number of urea groups is 1. The highest BCUT2D eigenvalue weighted by Gasteiger charge is 2.55. The molecule has 3 heterocycles. The summed E-state index contributed by atoms with van der Waals surface area (Å²) in [6, 6.07) is 6.04. The maximum atomic E-state index is 13.1. The highest BCUT2D eigenvalue weighted by atomic mass is 16.2. The van der Waals surface area contributed by atoms with Crippen molar-refractivity contribution in [2.45, 2.75) is 52.1 Å². The van der Waals surface area contributed by atoms with Gasteiger partial charge in [0.2, 0.25) is 0 Å². The Balaban J connectivity index is 1.67. The quantitative estimate of drug-likeness (QED) is 0.876. The summed E-state index contributed by atoms with van der Waals surface area (Å²) in [6.07, 6.45) is 1.41. The number of nitrogens with zero attached hydrogens (tertiary/aromatic N) is 4. The summed E-state index contributed by atoms with van der Waals surface area (Å²) >= 11 is 0. The van der Waals surface area contributed by atoms with Crippen molar-refractivity contribution in [3.63, 3.8) is 0 Å². The van der Waals surface area contributed by atoms with Crippen LogP contribution in [0.4, 0.5) is 10.5 Å². The van der Waals surface area contributed by atoms with Gasteiger partial charge in [0.15, 0.2) is 0 Å². The van der Waals surface area contributed by atoms with Crippen LogP contribution in [0.5, 0.6) is 0 Å². The van der Waals surface area contributed by atoms with Gasteiger partial charge in [-0.1, -0.05) is 13.0 Å². The van der Waals surface area contributed by atoms with E-state index in [1.165, 1.54) is 21.7 Å². The van der Waals surface area contributed by atoms with E-state index in [-0.39, 0.29) is 30.4 Å². The average Bonchev–Trinajstić information content (AvgIpc) is 3.02. The minimum Gasteiger partial charge on any atom is -0.343 e. The van der Waals surface area contributed by atoms with E-state index in [0.29, 0.717) is 6.54 Å². The highest BCUT2D eigenvalue weighted by molar-refractivity contribution is 6.00. The fraction of sp³-hybridized carbons (Fsp3) is 0.600. The fourth-order valence-corrected chi connectivity index (χ4v) is 4.73. The number of amides is 3. The van der Waals surface area contributed by atoms with Gasteiger partial charge in [0.25, 0.3) is 5.91 Å². The van der Waals surface area contributed by atoms with Crippen molar-refractivity contribution in [2.24, 2.45) is 0 Å². The zero-order valence-corrected chi connectivity index (χ0v) is 16.6. The lowest BCUT2D eigenvalue weighted by Gasteiger charge is -2.44. The minimum absolute atomic E-state index is 0.0674. The molecule has 0 aliphatic carbocycles. The summed E-state index contributed by atoms with van der Waals surface area (Å²) in [6.45, 7) is 8.47. The topological polar surface area (TPSA) is 59.1 Å². The second-order valence-electron chi connectivity index (χ2n) is 7.94. The molecule has 3 amide bonds. The van der Waals surface area contributed by atoms with Gasteiger partial charge in [-0.15, -0.1) is 0 Å². The first-order valence-electron chi connectivity index (χ1n) is 9.87. The molecular weight excluding hydrogens is 342 g/mol. The summed E-state index contributed by atoms with van der Waals surface area (Å²) < 4.78 is 0. The van der Waals surface area contributed by atoms with Gasteiger partial charge < -0.3 is 9.80 Å². The summed E-state index contributed by atoms with van der Waals surface area (Å²) in [5.74, 6) is -0.0674. The number of nitrogens with one attached hydrogen (secondary N) is 1. The van der Waals surface area contributed by atoms with Crippen LogP contribution in [0.3, 0.4) is 0 Å². The number of fused-ring (bicyclic) bond motifs is 3. The first-order valence-corrected chi connectivity index (χ1v) is 9.87. The molecule has 1 aromatic carbocycles. The van der Waals surface area contributed by atoms with Crippen LogP contribution in [0.1, 0.15) is 30.9 Å². The third-order valence-corrected chi connectivity index (χ3v) is 5.86. The monoisotopic (exact) mass is 371 g/mol. The van der Waals surface area contributed by atoms with Crippen LogP contribution in [0.25, 0.3) is 0 Å². The lowest BCUT2D eigenvalue weighted by atomic mass is 10.1. The van der Waals surface area contributed by atoms with E-state index < -0.39 is 0 Å². The number of rotatable bonds is 3. The number of likely N-dealkylation sites (N-methyl/N-ethyl adjacent to an activating group) is 1. The van der Waals surface area contributed by atoms with E-state index in [9.17, 15) is 9.59 Å². The van der Waals surface area contributed by atoms with Crippen LogP contribution >= 0.6 is 0 Å². The van der Waals surface area contributed by atoms with Crippen LogP contribution < -0.4 is 10.2 Å². The Bertz CT molecular complexity index is 746. The molecule has 3 saturated heterocycles. The number of anilines is 1. The molecule has 3 aliphatic rings. The molecule has 0 spiro atoms. The Morgan fingerprint density at radius 1 is 1.11 bits per heavy atom. The molecule has 7 heteroatoms. The van der Waals surface area contributed by atoms with Crippen LogP contribution in [-0.2, 0) is 4.79 Å². The SMILES string of the molecule is CCCN1C(=O)C2C(NC3N(c4cc(C)cc(C)c4)CCCN23)N(C)C1=O. The molecule has 1 N–H and O–H groups in total. The lowest BCUT2D eigenvalue weighted by Crippen LogP contribution is -2.66. The number of carbonyl (C=O) groups is 2. The summed E-state index contributed by atoms with van der Waals surface area (Å²) in [5.41, 5.74) is 3.63. The average molecular weight is 371 g/mol. The Labute approximate surface area is 160 Å². The van der Waals surface area contributed by atoms with Crippen molar-refractivity contribution in [2.75, 3.05) is 31.6 Å². The molecule has 27 heavy (non-hydrogen) atoms. The Kier molecular flexibility index (Phi) is 4.60. The number of aryl methyl sites for hydroxylation is 2. The summed E-state index contributed by atoms with van der Waals surface area (Å²) in [5, 5.41) is 3.57. The molecule has 0 saturated carbocycles. The number of hydrogen-bond acceptors (Lipinski definition) is 5. The van der Waals surface area contributed by atoms with Crippen molar-refractivity contribution in [1.82, 2.24) is 20.0 Å². The van der Waals surface area contributed by atoms with Crippen molar-refractivity contribution >= 4 is 17.6 Å². The van der Waals surface area contributed by atoms with Gasteiger partial charge in [-0.3, -0.25) is 19.9 Å². The lowest BCUT2D eigenvalue weighted by molar-refractivity contribution is -0.138. The molecule has 3 atom stereocenters. The number of benzene rings is 1. The Morgan fingerprint density at radius 3 is 2.48 bits per heavy atom. The van der Waals surface area contributed by atoms with Gasteiger partial charge >= 0.3 is 6.03 Å². The van der Waals surface area contributed by atoms with Crippen LogP contribution in [0.15, 0.2) is 18.2 Å². The highest BCUT2D eigenvalue weighted by Crippen LogP contribution is 2.33. The first-order chi connectivity index (χ1) is 12.9. The molecule has 3 unspecified atom stereocenters.